The molecule has 9 nitrogen and oxygen atoms in total. The first-order valence-electron chi connectivity index (χ1n) is 11.3. The van der Waals surface area contributed by atoms with Crippen molar-refractivity contribution in [1.29, 1.82) is 0 Å². The summed E-state index contributed by atoms with van der Waals surface area (Å²) >= 11 is 0. The van der Waals surface area contributed by atoms with Crippen LogP contribution < -0.4 is 16.2 Å². The van der Waals surface area contributed by atoms with E-state index in [0.717, 1.165) is 30.9 Å². The SMILES string of the molecule is CCn1c(=O)c2cnc(Nc3ccc4c(c3)CNCC4)nc2n1-c1nccc(C(C)(C)C)n1. The van der Waals surface area contributed by atoms with E-state index in [2.05, 4.69) is 53.5 Å². The summed E-state index contributed by atoms with van der Waals surface area (Å²) in [7, 11) is 0. The molecular formula is C24H28N8O. The molecule has 3 aromatic heterocycles. The molecule has 5 rings (SSSR count). The van der Waals surface area contributed by atoms with Gasteiger partial charge in [-0.05, 0) is 49.2 Å². The van der Waals surface area contributed by atoms with Crippen molar-refractivity contribution in [1.82, 2.24) is 34.6 Å². The maximum absolute atomic E-state index is 13.0. The normalized spacial score (nSPS) is 13.8. The van der Waals surface area contributed by atoms with Crippen LogP contribution in [0.5, 0.6) is 0 Å². The molecule has 0 fully saturated rings. The summed E-state index contributed by atoms with van der Waals surface area (Å²) in [5, 5.41) is 7.12. The Morgan fingerprint density at radius 2 is 1.97 bits per heavy atom. The van der Waals surface area contributed by atoms with E-state index in [9.17, 15) is 4.79 Å². The first-order chi connectivity index (χ1) is 15.8. The fourth-order valence-electron chi connectivity index (χ4n) is 4.13. The molecule has 33 heavy (non-hydrogen) atoms. The number of aromatic nitrogens is 6. The van der Waals surface area contributed by atoms with Crippen LogP contribution in [0.2, 0.25) is 0 Å². The summed E-state index contributed by atoms with van der Waals surface area (Å²) in [5.41, 5.74) is 4.59. The van der Waals surface area contributed by atoms with E-state index < -0.39 is 0 Å². The average Bonchev–Trinajstić information content (AvgIpc) is 3.09. The highest BCUT2D eigenvalue weighted by Gasteiger charge is 2.21. The Hall–Kier alpha value is -3.59. The van der Waals surface area contributed by atoms with Crippen molar-refractivity contribution in [2.24, 2.45) is 0 Å². The fraction of sp³-hybridized carbons (Fsp3) is 0.375. The molecule has 1 aliphatic heterocycles. The average molecular weight is 445 g/mol. The quantitative estimate of drug-likeness (QED) is 0.499. The minimum atomic E-state index is -0.163. The lowest BCUT2D eigenvalue weighted by Crippen LogP contribution is -2.23. The molecule has 4 aromatic rings. The van der Waals surface area contributed by atoms with Gasteiger partial charge in [-0.3, -0.25) is 4.79 Å². The molecule has 0 saturated carbocycles. The summed E-state index contributed by atoms with van der Waals surface area (Å²) in [4.78, 5) is 31.4. The third-order valence-corrected chi connectivity index (χ3v) is 5.92. The number of fused-ring (bicyclic) bond motifs is 2. The predicted molar refractivity (Wildman–Crippen MR) is 128 cm³/mol. The van der Waals surface area contributed by atoms with Gasteiger partial charge in [0.1, 0.15) is 5.39 Å². The zero-order valence-corrected chi connectivity index (χ0v) is 19.4. The van der Waals surface area contributed by atoms with Crippen LogP contribution in [0.1, 0.15) is 44.5 Å². The van der Waals surface area contributed by atoms with Crippen LogP contribution in [-0.4, -0.2) is 35.8 Å². The molecular weight excluding hydrogens is 416 g/mol. The number of hydrogen-bond acceptors (Lipinski definition) is 7. The first-order valence-corrected chi connectivity index (χ1v) is 11.3. The number of rotatable bonds is 4. The number of benzene rings is 1. The van der Waals surface area contributed by atoms with E-state index >= 15 is 0 Å². The Bertz CT molecular complexity index is 1400. The van der Waals surface area contributed by atoms with Crippen molar-refractivity contribution in [2.75, 3.05) is 11.9 Å². The van der Waals surface area contributed by atoms with E-state index in [1.807, 2.05) is 19.1 Å². The van der Waals surface area contributed by atoms with Crippen LogP contribution >= 0.6 is 0 Å². The second-order valence-corrected chi connectivity index (χ2v) is 9.29. The molecule has 0 unspecified atom stereocenters. The minimum absolute atomic E-state index is 0.152. The zero-order valence-electron chi connectivity index (χ0n) is 19.4. The van der Waals surface area contributed by atoms with E-state index in [0.29, 0.717) is 29.5 Å². The van der Waals surface area contributed by atoms with Gasteiger partial charge in [0.2, 0.25) is 5.95 Å². The van der Waals surface area contributed by atoms with Crippen LogP contribution in [0.25, 0.3) is 17.0 Å². The largest absolute Gasteiger partial charge is 0.324 e. The highest BCUT2D eigenvalue weighted by molar-refractivity contribution is 5.76. The standard InChI is InChI=1S/C24H28N8O/c1-5-31-21(33)18-14-27-22(28-17-7-6-15-8-10-25-13-16(15)12-17)30-20(18)32(31)23-26-11-9-19(29-23)24(2,3)4/h6-7,9,11-12,14,25H,5,8,10,13H2,1-4H3,(H,27,28,30). The Labute approximate surface area is 191 Å². The number of hydrogen-bond donors (Lipinski definition) is 2. The summed E-state index contributed by atoms with van der Waals surface area (Å²) in [6.07, 6.45) is 4.33. The summed E-state index contributed by atoms with van der Waals surface area (Å²) in [6.45, 7) is 10.5. The monoisotopic (exact) mass is 444 g/mol. The second kappa shape index (κ2) is 8.08. The molecule has 0 atom stereocenters. The van der Waals surface area contributed by atoms with Gasteiger partial charge in [-0.25, -0.2) is 19.6 Å². The molecule has 170 valence electrons. The van der Waals surface area contributed by atoms with Gasteiger partial charge < -0.3 is 10.6 Å². The van der Waals surface area contributed by atoms with Gasteiger partial charge in [-0.1, -0.05) is 26.8 Å². The van der Waals surface area contributed by atoms with Crippen molar-refractivity contribution < 1.29 is 0 Å². The summed E-state index contributed by atoms with van der Waals surface area (Å²) in [6, 6.07) is 8.20. The Morgan fingerprint density at radius 3 is 2.76 bits per heavy atom. The van der Waals surface area contributed by atoms with Crippen LogP contribution in [-0.2, 0) is 24.9 Å². The van der Waals surface area contributed by atoms with Crippen molar-refractivity contribution in [2.45, 2.75) is 52.6 Å². The lowest BCUT2D eigenvalue weighted by molar-refractivity contribution is 0.536. The van der Waals surface area contributed by atoms with Crippen LogP contribution in [0.3, 0.4) is 0 Å². The topological polar surface area (TPSA) is 103 Å². The molecule has 1 aromatic carbocycles. The van der Waals surface area contributed by atoms with Gasteiger partial charge in [-0.2, -0.15) is 9.67 Å². The zero-order chi connectivity index (χ0) is 23.2. The van der Waals surface area contributed by atoms with E-state index in [-0.39, 0.29) is 11.0 Å². The molecule has 0 saturated heterocycles. The molecule has 0 spiro atoms. The smallest absolute Gasteiger partial charge is 0.278 e. The third-order valence-electron chi connectivity index (χ3n) is 5.92. The predicted octanol–water partition coefficient (Wildman–Crippen LogP) is 3.08. The van der Waals surface area contributed by atoms with Gasteiger partial charge in [0, 0.05) is 36.6 Å². The van der Waals surface area contributed by atoms with E-state index in [1.54, 1.807) is 21.8 Å². The highest BCUT2D eigenvalue weighted by Crippen LogP contribution is 2.23. The summed E-state index contributed by atoms with van der Waals surface area (Å²) in [5.74, 6) is 0.834. The van der Waals surface area contributed by atoms with Gasteiger partial charge in [0.15, 0.2) is 5.65 Å². The van der Waals surface area contributed by atoms with E-state index in [1.165, 1.54) is 11.1 Å². The molecule has 0 amide bonds. The Morgan fingerprint density at radius 1 is 1.12 bits per heavy atom. The molecule has 2 N–H and O–H groups in total. The number of nitrogens with zero attached hydrogens (tertiary/aromatic N) is 6. The van der Waals surface area contributed by atoms with Crippen LogP contribution in [0.15, 0.2) is 41.5 Å². The van der Waals surface area contributed by atoms with E-state index in [4.69, 9.17) is 9.97 Å². The lowest BCUT2D eigenvalue weighted by Gasteiger charge is -2.18. The number of nitrogens with one attached hydrogen (secondary N) is 2. The van der Waals surface area contributed by atoms with Crippen molar-refractivity contribution in [3.05, 3.63) is 63.8 Å². The van der Waals surface area contributed by atoms with Crippen LogP contribution in [0, 0.1) is 0 Å². The van der Waals surface area contributed by atoms with Gasteiger partial charge in [-0.15, -0.1) is 0 Å². The maximum atomic E-state index is 13.0. The Kier molecular flexibility index (Phi) is 5.20. The fourth-order valence-corrected chi connectivity index (χ4v) is 4.13. The molecule has 0 aliphatic carbocycles. The summed E-state index contributed by atoms with van der Waals surface area (Å²) < 4.78 is 3.28. The molecule has 4 heterocycles. The highest BCUT2D eigenvalue weighted by atomic mass is 16.1. The molecule has 9 heteroatoms. The Balaban J connectivity index is 1.60. The molecule has 0 bridgehead atoms. The maximum Gasteiger partial charge on any atom is 0.278 e. The van der Waals surface area contributed by atoms with Gasteiger partial charge in [0.05, 0.1) is 5.69 Å². The van der Waals surface area contributed by atoms with Gasteiger partial charge >= 0.3 is 0 Å². The lowest BCUT2D eigenvalue weighted by atomic mass is 9.92. The first kappa shape index (κ1) is 21.3. The van der Waals surface area contributed by atoms with Crippen molar-refractivity contribution in [3.63, 3.8) is 0 Å². The second-order valence-electron chi connectivity index (χ2n) is 9.29. The van der Waals surface area contributed by atoms with Crippen molar-refractivity contribution >= 4 is 22.7 Å². The van der Waals surface area contributed by atoms with Crippen molar-refractivity contribution in [3.8, 4) is 5.95 Å². The van der Waals surface area contributed by atoms with Crippen LogP contribution in [0.4, 0.5) is 11.6 Å². The number of anilines is 2. The minimum Gasteiger partial charge on any atom is -0.324 e. The molecule has 1 aliphatic rings. The third kappa shape index (κ3) is 3.89. The van der Waals surface area contributed by atoms with Gasteiger partial charge in [0.25, 0.3) is 11.5 Å². The molecule has 0 radical (unpaired) electrons.